The van der Waals surface area contributed by atoms with E-state index < -0.39 is 0 Å². The summed E-state index contributed by atoms with van der Waals surface area (Å²) in [6.45, 7) is 6.80. The molecule has 0 N–H and O–H groups in total. The first-order valence-electron chi connectivity index (χ1n) is 7.20. The van der Waals surface area contributed by atoms with Gasteiger partial charge in [0.05, 0.1) is 17.0 Å². The lowest BCUT2D eigenvalue weighted by Crippen LogP contribution is -2.50. The summed E-state index contributed by atoms with van der Waals surface area (Å²) in [7, 11) is 0. The van der Waals surface area contributed by atoms with Gasteiger partial charge in [0.25, 0.3) is 5.69 Å². The highest BCUT2D eigenvalue weighted by atomic mass is 16.6. The van der Waals surface area contributed by atoms with Crippen LogP contribution in [0.1, 0.15) is 18.9 Å². The van der Waals surface area contributed by atoms with Crippen LogP contribution in [0.15, 0.2) is 18.2 Å². The second kappa shape index (κ2) is 6.55. The number of anilines is 1. The molecule has 1 aliphatic rings. The summed E-state index contributed by atoms with van der Waals surface area (Å²) in [5.41, 5.74) is 1.73. The van der Waals surface area contributed by atoms with Gasteiger partial charge in [0, 0.05) is 32.2 Å². The smallest absolute Gasteiger partial charge is 0.292 e. The molecule has 1 aromatic rings. The fourth-order valence-electron chi connectivity index (χ4n) is 2.75. The van der Waals surface area contributed by atoms with Crippen molar-refractivity contribution in [1.29, 1.82) is 5.26 Å². The molecule has 1 aliphatic heterocycles. The number of hydrogen-bond donors (Lipinski definition) is 0. The first-order chi connectivity index (χ1) is 10.1. The van der Waals surface area contributed by atoms with E-state index in [0.717, 1.165) is 25.1 Å². The molecule has 21 heavy (non-hydrogen) atoms. The normalized spacial score (nSPS) is 17.3. The Kier molecular flexibility index (Phi) is 4.76. The summed E-state index contributed by atoms with van der Waals surface area (Å²) < 4.78 is 0. The first kappa shape index (κ1) is 15.3. The van der Waals surface area contributed by atoms with Gasteiger partial charge < -0.3 is 4.90 Å². The fourth-order valence-corrected chi connectivity index (χ4v) is 2.75. The van der Waals surface area contributed by atoms with Crippen molar-refractivity contribution in [3.63, 3.8) is 0 Å². The molecule has 2 rings (SSSR count). The van der Waals surface area contributed by atoms with Crippen LogP contribution in [0.5, 0.6) is 0 Å². The molecule has 0 aromatic heterocycles. The third-order valence-electron chi connectivity index (χ3n) is 3.96. The number of nitro groups is 1. The van der Waals surface area contributed by atoms with Crippen LogP contribution in [0.4, 0.5) is 11.4 Å². The highest BCUT2D eigenvalue weighted by Gasteiger charge is 2.26. The third kappa shape index (κ3) is 3.31. The molecule has 0 radical (unpaired) electrons. The summed E-state index contributed by atoms with van der Waals surface area (Å²) in [5, 5.41) is 20.3. The molecule has 0 aliphatic carbocycles. The SMILES string of the molecule is CCC(C#N)N1CCN(c2ccc(C)cc2[N+](=O)[O-])CC1. The average molecular weight is 288 g/mol. The molecule has 1 atom stereocenters. The highest BCUT2D eigenvalue weighted by molar-refractivity contribution is 5.64. The molecule has 1 fully saturated rings. The maximum absolute atomic E-state index is 11.2. The van der Waals surface area contributed by atoms with Crippen LogP contribution >= 0.6 is 0 Å². The minimum Gasteiger partial charge on any atom is -0.363 e. The van der Waals surface area contributed by atoms with Crippen molar-refractivity contribution in [2.75, 3.05) is 31.1 Å². The number of nitro benzene ring substituents is 1. The molecular formula is C15H20N4O2. The summed E-state index contributed by atoms with van der Waals surface area (Å²) in [4.78, 5) is 15.1. The van der Waals surface area contributed by atoms with Crippen molar-refractivity contribution in [2.24, 2.45) is 0 Å². The fraction of sp³-hybridized carbons (Fsp3) is 0.533. The largest absolute Gasteiger partial charge is 0.363 e. The van der Waals surface area contributed by atoms with Gasteiger partial charge in [-0.25, -0.2) is 0 Å². The quantitative estimate of drug-likeness (QED) is 0.628. The van der Waals surface area contributed by atoms with Crippen LogP contribution in [0.3, 0.4) is 0 Å². The number of nitrogens with zero attached hydrogens (tertiary/aromatic N) is 4. The van der Waals surface area contributed by atoms with Gasteiger partial charge in [-0.1, -0.05) is 13.0 Å². The van der Waals surface area contributed by atoms with Gasteiger partial charge in [0.15, 0.2) is 0 Å². The molecule has 6 heteroatoms. The summed E-state index contributed by atoms with van der Waals surface area (Å²) >= 11 is 0. The van der Waals surface area contributed by atoms with Crippen LogP contribution in [-0.4, -0.2) is 42.0 Å². The number of hydrogen-bond acceptors (Lipinski definition) is 5. The van der Waals surface area contributed by atoms with Gasteiger partial charge in [-0.3, -0.25) is 15.0 Å². The van der Waals surface area contributed by atoms with Gasteiger partial charge in [-0.05, 0) is 25.0 Å². The summed E-state index contributed by atoms with van der Waals surface area (Å²) in [5.74, 6) is 0. The van der Waals surface area contributed by atoms with Gasteiger partial charge in [-0.15, -0.1) is 0 Å². The van der Waals surface area contributed by atoms with Crippen molar-refractivity contribution >= 4 is 11.4 Å². The lowest BCUT2D eigenvalue weighted by Gasteiger charge is -2.37. The van der Waals surface area contributed by atoms with E-state index in [2.05, 4.69) is 11.0 Å². The second-order valence-corrected chi connectivity index (χ2v) is 5.33. The van der Waals surface area contributed by atoms with Crippen LogP contribution in [0.25, 0.3) is 0 Å². The lowest BCUT2D eigenvalue weighted by atomic mass is 10.1. The number of aryl methyl sites for hydroxylation is 1. The van der Waals surface area contributed by atoms with E-state index in [-0.39, 0.29) is 16.7 Å². The molecular weight excluding hydrogens is 268 g/mol. The van der Waals surface area contributed by atoms with E-state index in [1.807, 2.05) is 30.9 Å². The Bertz CT molecular complexity index is 559. The van der Waals surface area contributed by atoms with Crippen LogP contribution in [-0.2, 0) is 0 Å². The Labute approximate surface area is 124 Å². The molecule has 6 nitrogen and oxygen atoms in total. The minimum atomic E-state index is -0.321. The Morgan fingerprint density at radius 2 is 2.05 bits per heavy atom. The third-order valence-corrected chi connectivity index (χ3v) is 3.96. The maximum atomic E-state index is 11.2. The van der Waals surface area contributed by atoms with Crippen molar-refractivity contribution in [3.8, 4) is 6.07 Å². The monoisotopic (exact) mass is 288 g/mol. The molecule has 112 valence electrons. The van der Waals surface area contributed by atoms with Gasteiger partial charge in [0.2, 0.25) is 0 Å². The first-order valence-corrected chi connectivity index (χ1v) is 7.20. The predicted molar refractivity (Wildman–Crippen MR) is 81.3 cm³/mol. The Morgan fingerprint density at radius 3 is 2.57 bits per heavy atom. The van der Waals surface area contributed by atoms with Gasteiger partial charge in [-0.2, -0.15) is 5.26 Å². The Morgan fingerprint density at radius 1 is 1.38 bits per heavy atom. The van der Waals surface area contributed by atoms with E-state index in [4.69, 9.17) is 5.26 Å². The van der Waals surface area contributed by atoms with E-state index in [1.54, 1.807) is 6.07 Å². The molecule has 0 bridgehead atoms. The van der Waals surface area contributed by atoms with Gasteiger partial charge in [0.1, 0.15) is 5.69 Å². The highest BCUT2D eigenvalue weighted by Crippen LogP contribution is 2.30. The lowest BCUT2D eigenvalue weighted by molar-refractivity contribution is -0.384. The number of nitriles is 1. The molecule has 1 saturated heterocycles. The van der Waals surface area contributed by atoms with Crippen molar-refractivity contribution in [3.05, 3.63) is 33.9 Å². The van der Waals surface area contributed by atoms with Crippen LogP contribution in [0.2, 0.25) is 0 Å². The van der Waals surface area contributed by atoms with Crippen molar-refractivity contribution in [2.45, 2.75) is 26.3 Å². The van der Waals surface area contributed by atoms with E-state index in [0.29, 0.717) is 18.8 Å². The molecule has 1 unspecified atom stereocenters. The molecule has 0 spiro atoms. The zero-order chi connectivity index (χ0) is 15.4. The molecule has 1 heterocycles. The number of piperazine rings is 1. The zero-order valence-corrected chi connectivity index (χ0v) is 12.5. The standard InChI is InChI=1S/C15H20N4O2/c1-3-13(11-16)17-6-8-18(9-7-17)14-5-4-12(2)10-15(14)19(20)21/h4-5,10,13H,3,6-9H2,1-2H3. The van der Waals surface area contributed by atoms with Crippen LogP contribution < -0.4 is 4.90 Å². The summed E-state index contributed by atoms with van der Waals surface area (Å²) in [6, 6.07) is 7.60. The van der Waals surface area contributed by atoms with Crippen LogP contribution in [0, 0.1) is 28.4 Å². The van der Waals surface area contributed by atoms with E-state index >= 15 is 0 Å². The average Bonchev–Trinajstić information content (AvgIpc) is 2.49. The van der Waals surface area contributed by atoms with Crippen molar-refractivity contribution in [1.82, 2.24) is 4.90 Å². The Hall–Kier alpha value is -2.13. The number of benzene rings is 1. The Balaban J connectivity index is 2.13. The molecule has 0 saturated carbocycles. The van der Waals surface area contributed by atoms with Crippen molar-refractivity contribution < 1.29 is 4.92 Å². The zero-order valence-electron chi connectivity index (χ0n) is 12.5. The molecule has 1 aromatic carbocycles. The molecule has 0 amide bonds. The summed E-state index contributed by atoms with van der Waals surface area (Å²) in [6.07, 6.45) is 0.807. The number of rotatable bonds is 4. The maximum Gasteiger partial charge on any atom is 0.292 e. The predicted octanol–water partition coefficient (Wildman–Crippen LogP) is 2.33. The minimum absolute atomic E-state index is 0.0554. The van der Waals surface area contributed by atoms with E-state index in [9.17, 15) is 10.1 Å². The van der Waals surface area contributed by atoms with E-state index in [1.165, 1.54) is 0 Å². The van der Waals surface area contributed by atoms with Gasteiger partial charge >= 0.3 is 0 Å². The second-order valence-electron chi connectivity index (χ2n) is 5.33. The topological polar surface area (TPSA) is 73.4 Å².